The van der Waals surface area contributed by atoms with E-state index in [1.165, 1.54) is 32.1 Å². The van der Waals surface area contributed by atoms with Crippen LogP contribution in [0.25, 0.3) is 0 Å². The second-order valence-electron chi connectivity index (χ2n) is 14.4. The fraction of sp³-hybridized carbons (Fsp3) is 0.604. The van der Waals surface area contributed by atoms with Gasteiger partial charge in [0.05, 0.1) is 13.2 Å². The Bertz CT molecular complexity index is 1380. The highest BCUT2D eigenvalue weighted by Gasteiger charge is 2.28. The summed E-state index contributed by atoms with van der Waals surface area (Å²) in [5, 5.41) is 8.89. The van der Waals surface area contributed by atoms with Gasteiger partial charge in [0.1, 0.15) is 12.6 Å². The zero-order valence-corrected chi connectivity index (χ0v) is 37.6. The summed E-state index contributed by atoms with van der Waals surface area (Å²) >= 11 is 0. The molecular weight excluding hydrogens is 781 g/mol. The predicted molar refractivity (Wildman–Crippen MR) is 244 cm³/mol. The summed E-state index contributed by atoms with van der Waals surface area (Å²) in [6.07, 6.45) is 53.5. The van der Waals surface area contributed by atoms with Crippen LogP contribution in [0, 0.1) is 0 Å². The number of carbonyl (C=O) groups is 3. The van der Waals surface area contributed by atoms with Crippen molar-refractivity contribution >= 4 is 25.7 Å². The first kappa shape index (κ1) is 56.4. The Hall–Kier alpha value is -3.60. The monoisotopic (exact) mass is 860 g/mol. The maximum Gasteiger partial charge on any atom is 0.472 e. The number of allylic oxidation sites excluding steroid dienone is 16. The number of hydrogen-bond acceptors (Lipinski definition) is 9. The molecule has 3 unspecified atom stereocenters. The molecule has 0 aromatic heterocycles. The molecule has 4 N–H and O–H groups in total. The minimum atomic E-state index is -4.74. The first-order valence-corrected chi connectivity index (χ1v) is 23.8. The van der Waals surface area contributed by atoms with E-state index in [2.05, 4.69) is 103 Å². The second-order valence-corrected chi connectivity index (χ2v) is 15.9. The molecule has 0 radical (unpaired) electrons. The fourth-order valence-electron chi connectivity index (χ4n) is 5.42. The number of hydrogen-bond donors (Lipinski definition) is 3. The van der Waals surface area contributed by atoms with E-state index < -0.39 is 57.7 Å². The van der Waals surface area contributed by atoms with Gasteiger partial charge in [0.2, 0.25) is 0 Å². The van der Waals surface area contributed by atoms with Crippen LogP contribution in [-0.4, -0.2) is 59.9 Å². The number of rotatable bonds is 40. The standard InChI is InChI=1S/C48H78NO10P/c1-3-5-7-9-11-13-15-17-18-19-20-21-22-23-24-25-26-28-30-32-34-36-38-40-47(51)59-44(42-57-60(54,55)58-43-45(49)48(52)53)41-56-46(50)39-37-35-33-31-29-27-16-14-12-10-8-6-4-2/h5-8,11-14,17-18,20-21,27,29,33,35,44-45H,3-4,9-10,15-16,19,22-26,28,30-32,34,36-43,49H2,1-2H3,(H,52,53)(H,54,55)/b7-5-,8-6-,13-11-,14-12-,18-17-,21-20-,29-27-,35-33-. The lowest BCUT2D eigenvalue weighted by Gasteiger charge is -2.20. The van der Waals surface area contributed by atoms with Gasteiger partial charge in [0.25, 0.3) is 0 Å². The third-order valence-electron chi connectivity index (χ3n) is 8.84. The van der Waals surface area contributed by atoms with E-state index in [0.29, 0.717) is 12.8 Å². The van der Waals surface area contributed by atoms with Gasteiger partial charge in [-0.05, 0) is 77.0 Å². The van der Waals surface area contributed by atoms with Crippen LogP contribution in [0.5, 0.6) is 0 Å². The molecule has 0 aliphatic rings. The smallest absolute Gasteiger partial charge is 0.472 e. The molecule has 0 saturated carbocycles. The van der Waals surface area contributed by atoms with Crippen LogP contribution in [0.4, 0.5) is 0 Å². The van der Waals surface area contributed by atoms with Gasteiger partial charge in [-0.1, -0.05) is 162 Å². The van der Waals surface area contributed by atoms with E-state index >= 15 is 0 Å². The number of carboxylic acids is 1. The summed E-state index contributed by atoms with van der Waals surface area (Å²) in [6, 6.07) is -1.54. The Kier molecular flexibility index (Phi) is 39.6. The van der Waals surface area contributed by atoms with E-state index in [0.717, 1.165) is 83.5 Å². The first-order chi connectivity index (χ1) is 29.1. The fourth-order valence-corrected chi connectivity index (χ4v) is 6.20. The zero-order chi connectivity index (χ0) is 44.2. The number of esters is 2. The lowest BCUT2D eigenvalue weighted by atomic mass is 10.0. The zero-order valence-electron chi connectivity index (χ0n) is 36.8. The van der Waals surface area contributed by atoms with Crippen molar-refractivity contribution in [3.8, 4) is 0 Å². The van der Waals surface area contributed by atoms with Gasteiger partial charge < -0.3 is 25.2 Å². The van der Waals surface area contributed by atoms with Gasteiger partial charge in [-0.15, -0.1) is 0 Å². The average molecular weight is 860 g/mol. The van der Waals surface area contributed by atoms with Crippen LogP contribution in [0.2, 0.25) is 0 Å². The van der Waals surface area contributed by atoms with Crippen LogP contribution >= 0.6 is 7.82 Å². The SMILES string of the molecule is CC/C=C\C/C=C\C/C=C\C/C=C\CCCCCCCCCCCCC(=O)OC(COC(=O)CC/C=C\C/C=C\C/C=C\C/C=C\CC)COP(=O)(O)OCC(N)C(=O)O. The molecule has 60 heavy (non-hydrogen) atoms. The first-order valence-electron chi connectivity index (χ1n) is 22.3. The largest absolute Gasteiger partial charge is 0.480 e. The Morgan fingerprint density at radius 1 is 0.517 bits per heavy atom. The molecule has 0 spiro atoms. The number of carbonyl (C=O) groups excluding carboxylic acids is 2. The van der Waals surface area contributed by atoms with E-state index in [1.54, 1.807) is 0 Å². The molecule has 0 bridgehead atoms. The van der Waals surface area contributed by atoms with Gasteiger partial charge in [0.15, 0.2) is 6.10 Å². The van der Waals surface area contributed by atoms with Crippen molar-refractivity contribution in [1.82, 2.24) is 0 Å². The number of phosphoric ester groups is 1. The van der Waals surface area contributed by atoms with Crippen LogP contribution in [-0.2, 0) is 37.5 Å². The van der Waals surface area contributed by atoms with Gasteiger partial charge in [-0.2, -0.15) is 0 Å². The van der Waals surface area contributed by atoms with Crippen molar-refractivity contribution in [2.45, 2.75) is 167 Å². The molecule has 11 nitrogen and oxygen atoms in total. The van der Waals surface area contributed by atoms with Crippen molar-refractivity contribution in [1.29, 1.82) is 0 Å². The Morgan fingerprint density at radius 3 is 1.38 bits per heavy atom. The van der Waals surface area contributed by atoms with E-state index in [1.807, 2.05) is 12.2 Å². The second kappa shape index (κ2) is 42.1. The lowest BCUT2D eigenvalue weighted by molar-refractivity contribution is -0.161. The Balaban J connectivity index is 4.38. The summed E-state index contributed by atoms with van der Waals surface area (Å²) in [4.78, 5) is 45.9. The van der Waals surface area contributed by atoms with Crippen LogP contribution in [0.3, 0.4) is 0 Å². The number of phosphoric acid groups is 1. The molecule has 0 aliphatic carbocycles. The van der Waals surface area contributed by atoms with Crippen molar-refractivity contribution in [2.75, 3.05) is 19.8 Å². The highest BCUT2D eigenvalue weighted by Crippen LogP contribution is 2.43. The molecule has 0 amide bonds. The normalized spacial score (nSPS) is 14.6. The molecule has 0 fully saturated rings. The molecular formula is C48H78NO10P. The summed E-state index contributed by atoms with van der Waals surface area (Å²) in [7, 11) is -4.74. The summed E-state index contributed by atoms with van der Waals surface area (Å²) in [5.41, 5.74) is 5.33. The molecule has 0 aromatic rings. The third kappa shape index (κ3) is 41.1. The molecule has 0 heterocycles. The van der Waals surface area contributed by atoms with E-state index in [9.17, 15) is 23.8 Å². The molecule has 12 heteroatoms. The number of carboxylic acid groups (broad SMARTS) is 1. The van der Waals surface area contributed by atoms with Crippen molar-refractivity contribution < 1.29 is 47.5 Å². The van der Waals surface area contributed by atoms with E-state index in [-0.39, 0.29) is 12.8 Å². The molecule has 0 rings (SSSR count). The van der Waals surface area contributed by atoms with Crippen LogP contribution < -0.4 is 5.73 Å². The minimum Gasteiger partial charge on any atom is -0.480 e. The van der Waals surface area contributed by atoms with Gasteiger partial charge in [-0.25, -0.2) is 4.57 Å². The topological polar surface area (TPSA) is 172 Å². The average Bonchev–Trinajstić information content (AvgIpc) is 3.22. The number of aliphatic carboxylic acids is 1. The molecule has 3 atom stereocenters. The minimum absolute atomic E-state index is 0.0944. The molecule has 0 saturated heterocycles. The van der Waals surface area contributed by atoms with Crippen LogP contribution in [0.15, 0.2) is 97.2 Å². The Labute approximate surface area is 362 Å². The maximum atomic E-state index is 12.6. The van der Waals surface area contributed by atoms with Gasteiger partial charge >= 0.3 is 25.7 Å². The number of nitrogens with two attached hydrogens (primary N) is 1. The van der Waals surface area contributed by atoms with Crippen molar-refractivity contribution in [3.05, 3.63) is 97.2 Å². The lowest BCUT2D eigenvalue weighted by Crippen LogP contribution is -2.34. The van der Waals surface area contributed by atoms with Crippen molar-refractivity contribution in [3.63, 3.8) is 0 Å². The highest BCUT2D eigenvalue weighted by molar-refractivity contribution is 7.47. The summed E-state index contributed by atoms with van der Waals surface area (Å²) in [6.45, 7) is 2.48. The number of unbranched alkanes of at least 4 members (excludes halogenated alkanes) is 10. The van der Waals surface area contributed by atoms with Gasteiger partial charge in [-0.3, -0.25) is 23.4 Å². The summed E-state index contributed by atoms with van der Waals surface area (Å²) in [5.74, 6) is -2.50. The van der Waals surface area contributed by atoms with Crippen LogP contribution in [0.1, 0.15) is 155 Å². The molecule has 0 aliphatic heterocycles. The van der Waals surface area contributed by atoms with Crippen molar-refractivity contribution in [2.24, 2.45) is 5.73 Å². The summed E-state index contributed by atoms with van der Waals surface area (Å²) < 4.78 is 32.6. The molecule has 0 aromatic carbocycles. The predicted octanol–water partition coefficient (Wildman–Crippen LogP) is 12.1. The quantitative estimate of drug-likeness (QED) is 0.0232. The third-order valence-corrected chi connectivity index (χ3v) is 9.79. The maximum absolute atomic E-state index is 12.6. The van der Waals surface area contributed by atoms with E-state index in [4.69, 9.17) is 24.8 Å². The number of ether oxygens (including phenoxy) is 2. The highest BCUT2D eigenvalue weighted by atomic mass is 31.2. The Morgan fingerprint density at radius 2 is 0.917 bits per heavy atom. The van der Waals surface area contributed by atoms with Gasteiger partial charge in [0, 0.05) is 12.8 Å². The molecule has 340 valence electrons.